The third kappa shape index (κ3) is 2.91. The van der Waals surface area contributed by atoms with Gasteiger partial charge < -0.3 is 0 Å². The van der Waals surface area contributed by atoms with Gasteiger partial charge in [0.05, 0.1) is 0 Å². The maximum absolute atomic E-state index is 3.68. The molecule has 0 aromatic carbocycles. The molecule has 10 heavy (non-hydrogen) atoms. The molecule has 0 bridgehead atoms. The van der Waals surface area contributed by atoms with E-state index in [2.05, 4.69) is 31.9 Å². The highest BCUT2D eigenvalue weighted by Gasteiger charge is 2.18. The summed E-state index contributed by atoms with van der Waals surface area (Å²) in [4.78, 5) is 0.810. The van der Waals surface area contributed by atoms with Crippen molar-refractivity contribution in [2.75, 3.05) is 5.33 Å². The molecule has 1 aliphatic carbocycles. The molecule has 0 amide bonds. The second-order valence-electron chi connectivity index (χ2n) is 3.11. The van der Waals surface area contributed by atoms with Crippen LogP contribution < -0.4 is 0 Å². The Hall–Kier alpha value is 0.960. The fourth-order valence-electron chi connectivity index (χ4n) is 1.64. The summed E-state index contributed by atoms with van der Waals surface area (Å²) in [6.45, 7) is 0. The minimum absolute atomic E-state index is 0.810. The van der Waals surface area contributed by atoms with Crippen molar-refractivity contribution in [1.82, 2.24) is 0 Å². The molecule has 0 aromatic heterocycles. The predicted octanol–water partition coefficient (Wildman–Crippen LogP) is 3.73. The molecule has 0 N–H and O–H groups in total. The molecule has 0 saturated heterocycles. The highest BCUT2D eigenvalue weighted by molar-refractivity contribution is 9.09. The summed E-state index contributed by atoms with van der Waals surface area (Å²) in [5, 5.41) is 1.18. The molecule has 0 heterocycles. The quantitative estimate of drug-likeness (QED) is 0.671. The van der Waals surface area contributed by atoms with Gasteiger partial charge in [-0.1, -0.05) is 44.7 Å². The average molecular weight is 270 g/mol. The maximum Gasteiger partial charge on any atom is 0.0148 e. The van der Waals surface area contributed by atoms with Crippen LogP contribution in [0.5, 0.6) is 0 Å². The maximum atomic E-state index is 3.68. The van der Waals surface area contributed by atoms with Crippen LogP contribution in [-0.2, 0) is 0 Å². The molecule has 0 radical (unpaired) electrons. The Balaban J connectivity index is 2.18. The Morgan fingerprint density at radius 1 is 1.30 bits per heavy atom. The molecule has 0 nitrogen and oxygen atoms in total. The Labute approximate surface area is 80.0 Å². The van der Waals surface area contributed by atoms with Crippen LogP contribution in [0.2, 0.25) is 0 Å². The van der Waals surface area contributed by atoms with Crippen molar-refractivity contribution in [3.63, 3.8) is 0 Å². The SMILES string of the molecule is BrCCC1CCCC(Br)C1. The van der Waals surface area contributed by atoms with Gasteiger partial charge in [0.2, 0.25) is 0 Å². The zero-order chi connectivity index (χ0) is 7.40. The standard InChI is InChI=1S/C8H14Br2/c9-5-4-7-2-1-3-8(10)6-7/h7-8H,1-6H2. The van der Waals surface area contributed by atoms with E-state index in [-0.39, 0.29) is 0 Å². The molecule has 1 saturated carbocycles. The number of rotatable bonds is 2. The number of hydrogen-bond acceptors (Lipinski definition) is 0. The smallest absolute Gasteiger partial charge is 0.0148 e. The zero-order valence-electron chi connectivity index (χ0n) is 6.15. The van der Waals surface area contributed by atoms with Crippen LogP contribution in [0.4, 0.5) is 0 Å². The van der Waals surface area contributed by atoms with E-state index in [0.29, 0.717) is 0 Å². The molecule has 2 heteroatoms. The van der Waals surface area contributed by atoms with Crippen molar-refractivity contribution in [3.8, 4) is 0 Å². The first-order chi connectivity index (χ1) is 4.83. The van der Waals surface area contributed by atoms with Gasteiger partial charge in [-0.05, 0) is 25.2 Å². The highest BCUT2D eigenvalue weighted by atomic mass is 79.9. The Morgan fingerprint density at radius 2 is 2.10 bits per heavy atom. The predicted molar refractivity (Wildman–Crippen MR) is 53.1 cm³/mol. The molecule has 0 aromatic rings. The van der Waals surface area contributed by atoms with E-state index in [1.54, 1.807) is 0 Å². The van der Waals surface area contributed by atoms with Crippen molar-refractivity contribution in [1.29, 1.82) is 0 Å². The van der Waals surface area contributed by atoms with Crippen molar-refractivity contribution in [3.05, 3.63) is 0 Å². The van der Waals surface area contributed by atoms with E-state index in [4.69, 9.17) is 0 Å². The zero-order valence-corrected chi connectivity index (χ0v) is 9.33. The van der Waals surface area contributed by atoms with Crippen LogP contribution in [-0.4, -0.2) is 10.2 Å². The van der Waals surface area contributed by atoms with Crippen molar-refractivity contribution in [2.45, 2.75) is 36.9 Å². The van der Waals surface area contributed by atoms with Gasteiger partial charge in [0, 0.05) is 10.2 Å². The highest BCUT2D eigenvalue weighted by Crippen LogP contribution is 2.31. The molecular formula is C8H14Br2. The molecule has 2 unspecified atom stereocenters. The van der Waals surface area contributed by atoms with Crippen molar-refractivity contribution in [2.24, 2.45) is 5.92 Å². The molecule has 0 aliphatic heterocycles. The Morgan fingerprint density at radius 3 is 2.70 bits per heavy atom. The Kier molecular flexibility index (Phi) is 4.31. The topological polar surface area (TPSA) is 0 Å². The van der Waals surface area contributed by atoms with Gasteiger partial charge in [0.25, 0.3) is 0 Å². The normalized spacial score (nSPS) is 34.2. The van der Waals surface area contributed by atoms with Crippen LogP contribution in [0.3, 0.4) is 0 Å². The van der Waals surface area contributed by atoms with Gasteiger partial charge in [0.1, 0.15) is 0 Å². The van der Waals surface area contributed by atoms with Gasteiger partial charge in [-0.15, -0.1) is 0 Å². The lowest BCUT2D eigenvalue weighted by atomic mass is 9.87. The average Bonchev–Trinajstić information content (AvgIpc) is 1.88. The monoisotopic (exact) mass is 268 g/mol. The first-order valence-electron chi connectivity index (χ1n) is 4.03. The van der Waals surface area contributed by atoms with Gasteiger partial charge >= 0.3 is 0 Å². The summed E-state index contributed by atoms with van der Waals surface area (Å²) >= 11 is 7.17. The lowest BCUT2D eigenvalue weighted by molar-refractivity contribution is 0.363. The Bertz CT molecular complexity index is 91.3. The van der Waals surface area contributed by atoms with Gasteiger partial charge in [-0.3, -0.25) is 0 Å². The van der Waals surface area contributed by atoms with Gasteiger partial charge in [0.15, 0.2) is 0 Å². The third-order valence-electron chi connectivity index (χ3n) is 2.24. The van der Waals surface area contributed by atoms with E-state index in [9.17, 15) is 0 Å². The van der Waals surface area contributed by atoms with E-state index in [1.807, 2.05) is 0 Å². The second-order valence-corrected chi connectivity index (χ2v) is 5.20. The summed E-state index contributed by atoms with van der Waals surface area (Å²) < 4.78 is 0. The number of alkyl halides is 2. The van der Waals surface area contributed by atoms with Gasteiger partial charge in [-0.2, -0.15) is 0 Å². The van der Waals surface area contributed by atoms with Gasteiger partial charge in [-0.25, -0.2) is 0 Å². The van der Waals surface area contributed by atoms with E-state index in [1.165, 1.54) is 37.4 Å². The van der Waals surface area contributed by atoms with Crippen LogP contribution in [0, 0.1) is 5.92 Å². The summed E-state index contributed by atoms with van der Waals surface area (Å²) in [6, 6.07) is 0. The van der Waals surface area contributed by atoms with E-state index in [0.717, 1.165) is 10.7 Å². The molecule has 1 rings (SSSR count). The number of hydrogen-bond donors (Lipinski definition) is 0. The lowest BCUT2D eigenvalue weighted by Gasteiger charge is -2.24. The van der Waals surface area contributed by atoms with Crippen LogP contribution in [0.15, 0.2) is 0 Å². The van der Waals surface area contributed by atoms with Crippen molar-refractivity contribution < 1.29 is 0 Å². The van der Waals surface area contributed by atoms with Crippen LogP contribution in [0.1, 0.15) is 32.1 Å². The summed E-state index contributed by atoms with van der Waals surface area (Å²) in [7, 11) is 0. The van der Waals surface area contributed by atoms with E-state index >= 15 is 0 Å². The first kappa shape index (κ1) is 9.05. The molecule has 60 valence electrons. The number of halogens is 2. The molecule has 1 aliphatic rings. The van der Waals surface area contributed by atoms with E-state index < -0.39 is 0 Å². The summed E-state index contributed by atoms with van der Waals surface area (Å²) in [5.74, 6) is 0.984. The van der Waals surface area contributed by atoms with Crippen molar-refractivity contribution >= 4 is 31.9 Å². The fraction of sp³-hybridized carbons (Fsp3) is 1.00. The lowest BCUT2D eigenvalue weighted by Crippen LogP contribution is -2.15. The molecule has 1 fully saturated rings. The largest absolute Gasteiger partial charge is 0.0928 e. The van der Waals surface area contributed by atoms with Crippen LogP contribution in [0.25, 0.3) is 0 Å². The molecule has 2 atom stereocenters. The first-order valence-corrected chi connectivity index (χ1v) is 6.06. The fourth-order valence-corrected chi connectivity index (χ4v) is 3.14. The summed E-state index contributed by atoms with van der Waals surface area (Å²) in [6.07, 6.45) is 7.02. The minimum Gasteiger partial charge on any atom is -0.0928 e. The molecular weight excluding hydrogens is 256 g/mol. The third-order valence-corrected chi connectivity index (χ3v) is 3.53. The second kappa shape index (κ2) is 4.76. The molecule has 0 spiro atoms. The minimum atomic E-state index is 0.810. The van der Waals surface area contributed by atoms with Crippen LogP contribution >= 0.6 is 31.9 Å². The summed E-state index contributed by atoms with van der Waals surface area (Å²) in [5.41, 5.74) is 0.